The highest BCUT2D eigenvalue weighted by molar-refractivity contribution is 5.88. The minimum absolute atomic E-state index is 0.0931. The number of rotatable bonds is 1. The average molecular weight is 262 g/mol. The SMILES string of the molecule is CC(=O)[O-].CC1=CC(C)=[NH+][C@H](c2ccc(O)cc2)N1. The molecular formula is C14H18N2O3. The molecule has 1 heterocycles. The lowest BCUT2D eigenvalue weighted by Crippen LogP contribution is -2.78. The second-order valence-corrected chi connectivity index (χ2v) is 4.32. The van der Waals surface area contributed by atoms with Crippen LogP contribution in [0.4, 0.5) is 0 Å². The summed E-state index contributed by atoms with van der Waals surface area (Å²) in [7, 11) is 0. The molecule has 1 aliphatic heterocycles. The van der Waals surface area contributed by atoms with Crippen LogP contribution >= 0.6 is 0 Å². The molecule has 0 aliphatic carbocycles. The molecular weight excluding hydrogens is 244 g/mol. The lowest BCUT2D eigenvalue weighted by atomic mass is 10.1. The van der Waals surface area contributed by atoms with Gasteiger partial charge in [-0.15, -0.1) is 0 Å². The predicted molar refractivity (Wildman–Crippen MR) is 70.1 cm³/mol. The molecule has 2 rings (SSSR count). The fourth-order valence-electron chi connectivity index (χ4n) is 1.73. The number of carbonyl (C=O) groups is 1. The Morgan fingerprint density at radius 3 is 2.32 bits per heavy atom. The van der Waals surface area contributed by atoms with Crippen molar-refractivity contribution in [3.8, 4) is 5.75 Å². The number of hydrogen-bond acceptors (Lipinski definition) is 4. The first kappa shape index (κ1) is 14.8. The van der Waals surface area contributed by atoms with E-state index < -0.39 is 5.97 Å². The minimum Gasteiger partial charge on any atom is -0.550 e. The van der Waals surface area contributed by atoms with Crippen molar-refractivity contribution in [3.63, 3.8) is 0 Å². The summed E-state index contributed by atoms with van der Waals surface area (Å²) in [6.45, 7) is 5.05. The number of allylic oxidation sites excluding steroid dienone is 2. The van der Waals surface area contributed by atoms with E-state index in [2.05, 4.69) is 16.4 Å². The van der Waals surface area contributed by atoms with E-state index in [1.165, 1.54) is 0 Å². The van der Waals surface area contributed by atoms with Crippen LogP contribution in [-0.2, 0) is 4.79 Å². The molecule has 0 fully saturated rings. The van der Waals surface area contributed by atoms with Crippen LogP contribution in [0.5, 0.6) is 5.75 Å². The number of carboxylic acid groups (broad SMARTS) is 1. The summed E-state index contributed by atoms with van der Waals surface area (Å²) < 4.78 is 0. The molecule has 0 aromatic heterocycles. The molecule has 0 saturated heterocycles. The van der Waals surface area contributed by atoms with E-state index in [0.29, 0.717) is 5.75 Å². The number of hydrogen-bond donors (Lipinski definition) is 3. The van der Waals surface area contributed by atoms with Crippen molar-refractivity contribution in [2.45, 2.75) is 26.9 Å². The molecule has 1 aliphatic rings. The van der Waals surface area contributed by atoms with Gasteiger partial charge in [0.2, 0.25) is 0 Å². The van der Waals surface area contributed by atoms with Gasteiger partial charge in [-0.1, -0.05) is 0 Å². The van der Waals surface area contributed by atoms with Gasteiger partial charge in [0.05, 0.1) is 0 Å². The van der Waals surface area contributed by atoms with Crippen molar-refractivity contribution in [2.24, 2.45) is 0 Å². The average Bonchev–Trinajstić information content (AvgIpc) is 2.27. The van der Waals surface area contributed by atoms with Crippen LogP contribution in [0.3, 0.4) is 0 Å². The van der Waals surface area contributed by atoms with Crippen molar-refractivity contribution in [2.75, 3.05) is 0 Å². The quantitative estimate of drug-likeness (QED) is 0.618. The summed E-state index contributed by atoms with van der Waals surface area (Å²) in [6.07, 6.45) is 2.16. The number of phenolic OH excluding ortho intramolecular Hbond substituents is 1. The third kappa shape index (κ3) is 5.25. The highest BCUT2D eigenvalue weighted by Gasteiger charge is 2.18. The van der Waals surface area contributed by atoms with Gasteiger partial charge in [0.25, 0.3) is 6.17 Å². The number of aromatic hydroxyl groups is 1. The summed E-state index contributed by atoms with van der Waals surface area (Å²) >= 11 is 0. The second kappa shape index (κ2) is 6.58. The molecule has 0 bridgehead atoms. The smallest absolute Gasteiger partial charge is 0.250 e. The molecule has 0 unspecified atom stereocenters. The molecule has 1 aromatic carbocycles. The van der Waals surface area contributed by atoms with E-state index in [4.69, 9.17) is 9.90 Å². The Morgan fingerprint density at radius 1 is 1.32 bits per heavy atom. The number of phenols is 1. The van der Waals surface area contributed by atoms with Gasteiger partial charge in [-0.2, -0.15) is 0 Å². The lowest BCUT2D eigenvalue weighted by molar-refractivity contribution is -0.518. The monoisotopic (exact) mass is 262 g/mol. The fourth-order valence-corrected chi connectivity index (χ4v) is 1.73. The van der Waals surface area contributed by atoms with Gasteiger partial charge in [-0.05, 0) is 38.1 Å². The zero-order valence-electron chi connectivity index (χ0n) is 11.2. The molecule has 1 aromatic rings. The first-order chi connectivity index (χ1) is 8.88. The predicted octanol–water partition coefficient (Wildman–Crippen LogP) is -0.804. The summed E-state index contributed by atoms with van der Waals surface area (Å²) in [5.74, 6) is -0.789. The van der Waals surface area contributed by atoms with E-state index in [-0.39, 0.29) is 6.17 Å². The Morgan fingerprint density at radius 2 is 1.84 bits per heavy atom. The number of carboxylic acids is 1. The van der Waals surface area contributed by atoms with Gasteiger partial charge in [0.1, 0.15) is 5.75 Å². The van der Waals surface area contributed by atoms with Gasteiger partial charge >= 0.3 is 0 Å². The molecule has 5 nitrogen and oxygen atoms in total. The third-order valence-electron chi connectivity index (χ3n) is 2.40. The maximum Gasteiger partial charge on any atom is 0.250 e. The normalized spacial score (nSPS) is 17.3. The zero-order valence-corrected chi connectivity index (χ0v) is 11.2. The molecule has 0 saturated carbocycles. The maximum absolute atomic E-state index is 9.20. The van der Waals surface area contributed by atoms with Gasteiger partial charge in [0.15, 0.2) is 5.71 Å². The Bertz CT molecular complexity index is 500. The van der Waals surface area contributed by atoms with Crippen molar-refractivity contribution in [1.82, 2.24) is 5.32 Å². The first-order valence-corrected chi connectivity index (χ1v) is 5.90. The third-order valence-corrected chi connectivity index (χ3v) is 2.40. The van der Waals surface area contributed by atoms with Crippen LogP contribution in [-0.4, -0.2) is 16.8 Å². The Balaban J connectivity index is 0.000000399. The number of benzene rings is 1. The van der Waals surface area contributed by atoms with Crippen molar-refractivity contribution < 1.29 is 20.0 Å². The van der Waals surface area contributed by atoms with Crippen LogP contribution in [0, 0.1) is 0 Å². The molecule has 1 atom stereocenters. The van der Waals surface area contributed by atoms with Crippen LogP contribution in [0.15, 0.2) is 36.0 Å². The second-order valence-electron chi connectivity index (χ2n) is 4.32. The maximum atomic E-state index is 9.20. The molecule has 0 amide bonds. The van der Waals surface area contributed by atoms with Gasteiger partial charge in [0, 0.05) is 30.2 Å². The highest BCUT2D eigenvalue weighted by Crippen LogP contribution is 2.14. The van der Waals surface area contributed by atoms with E-state index >= 15 is 0 Å². The van der Waals surface area contributed by atoms with Crippen LogP contribution < -0.4 is 15.4 Å². The van der Waals surface area contributed by atoms with Crippen LogP contribution in [0.1, 0.15) is 32.5 Å². The standard InChI is InChI=1S/C12H14N2O.C2H4O2/c1-8-7-9(2)14-12(13-8)10-3-5-11(15)6-4-10;1-2(3)4/h3-7,12-13,15H,1-2H3;1H3,(H,3,4)/t12-;/m1./s1. The summed E-state index contributed by atoms with van der Waals surface area (Å²) in [5, 5.41) is 21.4. The van der Waals surface area contributed by atoms with Crippen molar-refractivity contribution >= 4 is 11.7 Å². The van der Waals surface area contributed by atoms with Crippen molar-refractivity contribution in [3.05, 3.63) is 41.6 Å². The molecule has 0 radical (unpaired) electrons. The highest BCUT2D eigenvalue weighted by atomic mass is 16.4. The zero-order chi connectivity index (χ0) is 14.4. The molecule has 19 heavy (non-hydrogen) atoms. The first-order valence-electron chi connectivity index (χ1n) is 5.90. The van der Waals surface area contributed by atoms with Crippen LogP contribution in [0.2, 0.25) is 0 Å². The van der Waals surface area contributed by atoms with Gasteiger partial charge in [-0.3, -0.25) is 0 Å². The Kier molecular flexibility index (Phi) is 5.11. The van der Waals surface area contributed by atoms with Crippen LogP contribution in [0.25, 0.3) is 0 Å². The van der Waals surface area contributed by atoms with E-state index in [0.717, 1.165) is 23.9 Å². The van der Waals surface area contributed by atoms with E-state index in [1.807, 2.05) is 26.0 Å². The summed E-state index contributed by atoms with van der Waals surface area (Å²) in [4.78, 5) is 12.2. The van der Waals surface area contributed by atoms with E-state index in [1.54, 1.807) is 12.1 Å². The number of aliphatic carboxylic acids is 1. The summed E-state index contributed by atoms with van der Waals surface area (Å²) in [5.41, 5.74) is 3.40. The summed E-state index contributed by atoms with van der Waals surface area (Å²) in [6, 6.07) is 7.21. The Labute approximate surface area is 112 Å². The molecule has 0 spiro atoms. The van der Waals surface area contributed by atoms with Crippen molar-refractivity contribution in [1.29, 1.82) is 0 Å². The largest absolute Gasteiger partial charge is 0.550 e. The fraction of sp³-hybridized carbons (Fsp3) is 0.286. The number of carbonyl (C=O) groups excluding carboxylic acids is 1. The van der Waals surface area contributed by atoms with Gasteiger partial charge in [-0.25, -0.2) is 4.99 Å². The minimum atomic E-state index is -1.08. The Hall–Kier alpha value is -2.30. The molecule has 3 N–H and O–H groups in total. The number of nitrogens with one attached hydrogen (secondary N) is 2. The van der Waals surface area contributed by atoms with E-state index in [9.17, 15) is 5.11 Å². The van der Waals surface area contributed by atoms with Gasteiger partial charge < -0.3 is 20.3 Å². The lowest BCUT2D eigenvalue weighted by Gasteiger charge is -2.16. The topological polar surface area (TPSA) is 86.4 Å². The molecule has 102 valence electrons. The molecule has 5 heteroatoms.